The molecular weight excluding hydrogens is 162 g/mol. The van der Waals surface area contributed by atoms with Crippen molar-refractivity contribution in [2.75, 3.05) is 11.7 Å². The number of anilines is 1. The smallest absolute Gasteiger partial charge is 0.0720 e. The highest BCUT2D eigenvalue weighted by Crippen LogP contribution is 2.16. The van der Waals surface area contributed by atoms with Gasteiger partial charge in [0.2, 0.25) is 0 Å². The minimum atomic E-state index is 0.363. The molecule has 1 rings (SSSR count). The maximum atomic E-state index is 5.52. The standard InChI is InChI=1S/C11H17NO/c1-4-13-12(10(2)3)11-8-6-5-7-9-11/h5-10H,4H2,1-3H3. The Morgan fingerprint density at radius 2 is 1.85 bits per heavy atom. The SMILES string of the molecule is CCON(c1ccccc1)C(C)C. The Bertz CT molecular complexity index is 233. The third-order valence-electron chi connectivity index (χ3n) is 1.75. The molecule has 1 aromatic rings. The molecule has 0 aliphatic heterocycles. The lowest BCUT2D eigenvalue weighted by molar-refractivity contribution is 0.104. The van der Waals surface area contributed by atoms with Gasteiger partial charge in [0, 0.05) is 0 Å². The van der Waals surface area contributed by atoms with Gasteiger partial charge < -0.3 is 0 Å². The van der Waals surface area contributed by atoms with Gasteiger partial charge in [-0.3, -0.25) is 9.90 Å². The third-order valence-corrected chi connectivity index (χ3v) is 1.75. The van der Waals surface area contributed by atoms with Gasteiger partial charge in [-0.05, 0) is 32.9 Å². The van der Waals surface area contributed by atoms with Gasteiger partial charge in [-0.25, -0.2) is 0 Å². The van der Waals surface area contributed by atoms with E-state index in [1.165, 1.54) is 0 Å². The molecule has 0 unspecified atom stereocenters. The molecule has 0 aromatic heterocycles. The van der Waals surface area contributed by atoms with Gasteiger partial charge in [0.05, 0.1) is 18.3 Å². The van der Waals surface area contributed by atoms with E-state index in [9.17, 15) is 0 Å². The van der Waals surface area contributed by atoms with Crippen molar-refractivity contribution in [3.05, 3.63) is 30.3 Å². The van der Waals surface area contributed by atoms with Crippen LogP contribution in [0.15, 0.2) is 30.3 Å². The Balaban J connectivity index is 2.76. The lowest BCUT2D eigenvalue weighted by Crippen LogP contribution is -2.30. The van der Waals surface area contributed by atoms with E-state index >= 15 is 0 Å². The summed E-state index contributed by atoms with van der Waals surface area (Å²) < 4.78 is 0. The monoisotopic (exact) mass is 179 g/mol. The molecule has 0 fully saturated rings. The van der Waals surface area contributed by atoms with E-state index in [1.807, 2.05) is 30.2 Å². The van der Waals surface area contributed by atoms with E-state index in [2.05, 4.69) is 26.0 Å². The highest BCUT2D eigenvalue weighted by atomic mass is 16.7. The molecular formula is C11H17NO. The van der Waals surface area contributed by atoms with E-state index < -0.39 is 0 Å². The van der Waals surface area contributed by atoms with E-state index in [4.69, 9.17) is 4.84 Å². The lowest BCUT2D eigenvalue weighted by atomic mass is 10.3. The number of hydroxylamine groups is 1. The maximum absolute atomic E-state index is 5.52. The zero-order chi connectivity index (χ0) is 9.68. The van der Waals surface area contributed by atoms with Crippen molar-refractivity contribution in [2.45, 2.75) is 26.8 Å². The molecule has 0 amide bonds. The molecule has 0 saturated heterocycles. The fourth-order valence-corrected chi connectivity index (χ4v) is 1.24. The van der Waals surface area contributed by atoms with Gasteiger partial charge in [-0.15, -0.1) is 0 Å². The molecule has 1 aromatic carbocycles. The molecule has 2 heteroatoms. The van der Waals surface area contributed by atoms with Gasteiger partial charge in [-0.2, -0.15) is 0 Å². The molecule has 0 bridgehead atoms. The summed E-state index contributed by atoms with van der Waals surface area (Å²) in [7, 11) is 0. The number of para-hydroxylation sites is 1. The Morgan fingerprint density at radius 3 is 2.31 bits per heavy atom. The average molecular weight is 179 g/mol. The maximum Gasteiger partial charge on any atom is 0.0720 e. The number of nitrogens with zero attached hydrogens (tertiary/aromatic N) is 1. The van der Waals surface area contributed by atoms with Gasteiger partial charge in [-0.1, -0.05) is 18.2 Å². The zero-order valence-corrected chi connectivity index (χ0v) is 8.53. The summed E-state index contributed by atoms with van der Waals surface area (Å²) in [6.45, 7) is 6.93. The van der Waals surface area contributed by atoms with Crippen LogP contribution in [0.1, 0.15) is 20.8 Å². The summed E-state index contributed by atoms with van der Waals surface area (Å²) in [6, 6.07) is 10.5. The predicted octanol–water partition coefficient (Wildman–Crippen LogP) is 2.85. The first kappa shape index (κ1) is 10.1. The molecule has 72 valence electrons. The van der Waals surface area contributed by atoms with Crippen molar-refractivity contribution in [3.63, 3.8) is 0 Å². The zero-order valence-electron chi connectivity index (χ0n) is 8.53. The Hall–Kier alpha value is -1.02. The lowest BCUT2D eigenvalue weighted by Gasteiger charge is -2.27. The summed E-state index contributed by atoms with van der Waals surface area (Å²) in [6.07, 6.45) is 0. The Labute approximate surface area is 80.1 Å². The molecule has 2 nitrogen and oxygen atoms in total. The minimum absolute atomic E-state index is 0.363. The fourth-order valence-electron chi connectivity index (χ4n) is 1.24. The first-order valence-corrected chi connectivity index (χ1v) is 4.73. The molecule has 0 radical (unpaired) electrons. The van der Waals surface area contributed by atoms with Gasteiger partial charge in [0.15, 0.2) is 0 Å². The Morgan fingerprint density at radius 1 is 1.23 bits per heavy atom. The van der Waals surface area contributed by atoms with Crippen LogP contribution in [-0.2, 0) is 4.84 Å². The van der Waals surface area contributed by atoms with E-state index in [-0.39, 0.29) is 0 Å². The van der Waals surface area contributed by atoms with Crippen molar-refractivity contribution in [2.24, 2.45) is 0 Å². The normalized spacial score (nSPS) is 10.5. The summed E-state index contributed by atoms with van der Waals surface area (Å²) >= 11 is 0. The van der Waals surface area contributed by atoms with Crippen LogP contribution in [-0.4, -0.2) is 12.6 Å². The van der Waals surface area contributed by atoms with E-state index in [0.717, 1.165) is 5.69 Å². The predicted molar refractivity (Wildman–Crippen MR) is 55.7 cm³/mol. The highest BCUT2D eigenvalue weighted by molar-refractivity contribution is 5.43. The molecule has 0 spiro atoms. The van der Waals surface area contributed by atoms with E-state index in [1.54, 1.807) is 0 Å². The van der Waals surface area contributed by atoms with Gasteiger partial charge in [0.25, 0.3) is 0 Å². The molecule has 0 saturated carbocycles. The molecule has 0 aliphatic rings. The Kier molecular flexibility index (Phi) is 3.77. The van der Waals surface area contributed by atoms with E-state index in [0.29, 0.717) is 12.6 Å². The first-order chi connectivity index (χ1) is 6.25. The first-order valence-electron chi connectivity index (χ1n) is 4.73. The third kappa shape index (κ3) is 2.74. The average Bonchev–Trinajstić information content (AvgIpc) is 2.15. The van der Waals surface area contributed by atoms with Crippen LogP contribution >= 0.6 is 0 Å². The van der Waals surface area contributed by atoms with Gasteiger partial charge in [0.1, 0.15) is 0 Å². The van der Waals surface area contributed by atoms with Crippen molar-refractivity contribution in [1.82, 2.24) is 0 Å². The van der Waals surface area contributed by atoms with Crippen molar-refractivity contribution in [1.29, 1.82) is 0 Å². The van der Waals surface area contributed by atoms with Crippen LogP contribution in [0.3, 0.4) is 0 Å². The molecule has 0 N–H and O–H groups in total. The molecule has 0 aliphatic carbocycles. The van der Waals surface area contributed by atoms with Gasteiger partial charge >= 0.3 is 0 Å². The summed E-state index contributed by atoms with van der Waals surface area (Å²) in [5, 5.41) is 1.93. The molecule has 13 heavy (non-hydrogen) atoms. The summed E-state index contributed by atoms with van der Waals surface area (Å²) in [5.41, 5.74) is 1.11. The molecule has 0 heterocycles. The second kappa shape index (κ2) is 4.87. The quantitative estimate of drug-likeness (QED) is 0.659. The second-order valence-corrected chi connectivity index (χ2v) is 3.17. The largest absolute Gasteiger partial charge is 0.274 e. The fraction of sp³-hybridized carbons (Fsp3) is 0.455. The number of hydrogen-bond acceptors (Lipinski definition) is 2. The number of hydrogen-bond donors (Lipinski definition) is 0. The minimum Gasteiger partial charge on any atom is -0.274 e. The molecule has 0 atom stereocenters. The summed E-state index contributed by atoms with van der Waals surface area (Å²) in [4.78, 5) is 5.52. The topological polar surface area (TPSA) is 12.5 Å². The van der Waals surface area contributed by atoms with Crippen molar-refractivity contribution >= 4 is 5.69 Å². The van der Waals surface area contributed by atoms with Crippen molar-refractivity contribution in [3.8, 4) is 0 Å². The number of rotatable bonds is 4. The van der Waals surface area contributed by atoms with Crippen LogP contribution in [0.2, 0.25) is 0 Å². The van der Waals surface area contributed by atoms with Crippen molar-refractivity contribution < 1.29 is 4.84 Å². The van der Waals surface area contributed by atoms with Crippen LogP contribution < -0.4 is 5.06 Å². The second-order valence-electron chi connectivity index (χ2n) is 3.17. The van der Waals surface area contributed by atoms with Crippen LogP contribution in [0.5, 0.6) is 0 Å². The summed E-state index contributed by atoms with van der Waals surface area (Å²) in [5.74, 6) is 0. The van der Waals surface area contributed by atoms with Crippen LogP contribution in [0.4, 0.5) is 5.69 Å². The van der Waals surface area contributed by atoms with Crippen LogP contribution in [0, 0.1) is 0 Å². The highest BCUT2D eigenvalue weighted by Gasteiger charge is 2.09. The van der Waals surface area contributed by atoms with Crippen LogP contribution in [0.25, 0.3) is 0 Å². The number of benzene rings is 1.